The van der Waals surface area contributed by atoms with Gasteiger partial charge in [0.05, 0.1) is 33.3 Å². The number of alkyl halides is 3. The Hall–Kier alpha value is -9.40. The van der Waals surface area contributed by atoms with Crippen LogP contribution < -0.4 is 0 Å². The molecule has 13 rings (SSSR count). The molecule has 8 heteroatoms. The number of benzene rings is 10. The molecule has 0 bridgehead atoms. The molecule has 0 saturated heterocycles. The summed E-state index contributed by atoms with van der Waals surface area (Å²) in [5.41, 5.74) is 10.4. The van der Waals surface area contributed by atoms with E-state index in [0.717, 1.165) is 71.6 Å². The van der Waals surface area contributed by atoms with Gasteiger partial charge in [-0.2, -0.15) is 13.2 Å². The first-order chi connectivity index (χ1) is 35.4. The van der Waals surface area contributed by atoms with Gasteiger partial charge < -0.3 is 9.13 Å². The van der Waals surface area contributed by atoms with Crippen LogP contribution in [-0.4, -0.2) is 24.1 Å². The summed E-state index contributed by atoms with van der Waals surface area (Å²) in [4.78, 5) is 15.4. The summed E-state index contributed by atoms with van der Waals surface area (Å²) in [6.07, 6.45) is -4.73. The van der Waals surface area contributed by atoms with Crippen molar-refractivity contribution in [1.29, 1.82) is 0 Å². The molecule has 0 atom stereocenters. The molecule has 0 spiro atoms. The Morgan fingerprint density at radius 1 is 0.292 bits per heavy atom. The monoisotopic (exact) mass is 935 g/mol. The fourth-order valence-corrected chi connectivity index (χ4v) is 10.3. The third-order valence-corrected chi connectivity index (χ3v) is 13.6. The van der Waals surface area contributed by atoms with E-state index in [1.54, 1.807) is 10.6 Å². The number of rotatable bonds is 8. The van der Waals surface area contributed by atoms with E-state index in [-0.39, 0.29) is 5.69 Å². The van der Waals surface area contributed by atoms with Crippen LogP contribution in [-0.2, 0) is 6.18 Å². The Labute approximate surface area is 412 Å². The van der Waals surface area contributed by atoms with Gasteiger partial charge in [0.1, 0.15) is 0 Å². The summed E-state index contributed by atoms with van der Waals surface area (Å²) >= 11 is 0. The summed E-state index contributed by atoms with van der Waals surface area (Å²) in [6, 6.07) is 78.6. The molecule has 3 heterocycles. The maximum Gasteiger partial charge on any atom is 0.418 e. The molecule has 342 valence electrons. The van der Waals surface area contributed by atoms with Crippen molar-refractivity contribution >= 4 is 43.6 Å². The van der Waals surface area contributed by atoms with Gasteiger partial charge in [0, 0.05) is 49.5 Å². The lowest BCUT2D eigenvalue weighted by Crippen LogP contribution is -2.12. The summed E-state index contributed by atoms with van der Waals surface area (Å²) in [7, 11) is 0. The van der Waals surface area contributed by atoms with Crippen molar-refractivity contribution in [2.45, 2.75) is 6.18 Å². The molecule has 3 aromatic heterocycles. The van der Waals surface area contributed by atoms with Crippen LogP contribution >= 0.6 is 0 Å². The largest absolute Gasteiger partial charge is 0.418 e. The quantitative estimate of drug-likeness (QED) is 0.153. The smallest absolute Gasteiger partial charge is 0.309 e. The first-order valence-corrected chi connectivity index (χ1v) is 23.8. The van der Waals surface area contributed by atoms with Crippen molar-refractivity contribution in [3.8, 4) is 78.9 Å². The Morgan fingerprint density at radius 2 is 0.736 bits per heavy atom. The number of nitrogens with zero attached hydrogens (tertiary/aromatic N) is 5. The van der Waals surface area contributed by atoms with Gasteiger partial charge in [0.2, 0.25) is 0 Å². The molecule has 0 aliphatic carbocycles. The first kappa shape index (κ1) is 42.7. The van der Waals surface area contributed by atoms with Crippen LogP contribution in [0.5, 0.6) is 0 Å². The van der Waals surface area contributed by atoms with Crippen LogP contribution in [0.2, 0.25) is 0 Å². The Kier molecular flexibility index (Phi) is 10.2. The highest BCUT2D eigenvalue weighted by atomic mass is 19.4. The molecule has 0 fully saturated rings. The van der Waals surface area contributed by atoms with Gasteiger partial charge in [0.25, 0.3) is 0 Å². The van der Waals surface area contributed by atoms with E-state index < -0.39 is 11.7 Å². The van der Waals surface area contributed by atoms with Crippen LogP contribution in [0.25, 0.3) is 123 Å². The zero-order valence-corrected chi connectivity index (χ0v) is 38.5. The highest BCUT2D eigenvalue weighted by molar-refractivity contribution is 6.12. The van der Waals surface area contributed by atoms with E-state index in [4.69, 9.17) is 15.0 Å². The number of para-hydroxylation sites is 3. The van der Waals surface area contributed by atoms with Crippen molar-refractivity contribution in [1.82, 2.24) is 24.1 Å². The lowest BCUT2D eigenvalue weighted by Gasteiger charge is -2.22. The second-order valence-corrected chi connectivity index (χ2v) is 17.9. The molecular formula is C64H40F3N5. The molecule has 72 heavy (non-hydrogen) atoms. The fraction of sp³-hybridized carbons (Fsp3) is 0.0156. The predicted octanol–water partition coefficient (Wildman–Crippen LogP) is 17.1. The average Bonchev–Trinajstić information content (AvgIpc) is 3.95. The molecule has 10 aromatic carbocycles. The van der Waals surface area contributed by atoms with Gasteiger partial charge in [-0.1, -0.05) is 188 Å². The van der Waals surface area contributed by atoms with Gasteiger partial charge in [-0.25, -0.2) is 15.0 Å². The number of aromatic nitrogens is 5. The van der Waals surface area contributed by atoms with E-state index in [1.807, 2.05) is 176 Å². The minimum Gasteiger partial charge on any atom is -0.309 e. The SMILES string of the molecule is FC(F)(F)c1cccc(-c2ccc(-n3c4ccccc4c4cc(-c5ccccc5)ccc43)cc2-c2nc(-c3ccccc3)nc(-c3ccccc3)n2)c1-n1c2ccccc2c2cc(-c3ccccc3)ccc21. The molecule has 0 aliphatic rings. The van der Waals surface area contributed by atoms with Crippen molar-refractivity contribution in [3.63, 3.8) is 0 Å². The van der Waals surface area contributed by atoms with Crippen molar-refractivity contribution in [3.05, 3.63) is 248 Å². The Balaban J connectivity index is 1.12. The van der Waals surface area contributed by atoms with Gasteiger partial charge in [-0.15, -0.1) is 0 Å². The van der Waals surface area contributed by atoms with Crippen molar-refractivity contribution in [2.75, 3.05) is 0 Å². The fourth-order valence-electron chi connectivity index (χ4n) is 10.3. The van der Waals surface area contributed by atoms with Gasteiger partial charge in [-0.05, 0) is 82.4 Å². The zero-order chi connectivity index (χ0) is 48.3. The van der Waals surface area contributed by atoms with Crippen LogP contribution in [0, 0.1) is 0 Å². The van der Waals surface area contributed by atoms with Gasteiger partial charge >= 0.3 is 6.18 Å². The lowest BCUT2D eigenvalue weighted by atomic mass is 9.94. The van der Waals surface area contributed by atoms with Gasteiger partial charge in [-0.3, -0.25) is 0 Å². The third-order valence-electron chi connectivity index (χ3n) is 13.6. The van der Waals surface area contributed by atoms with E-state index in [1.165, 1.54) is 12.1 Å². The highest BCUT2D eigenvalue weighted by Gasteiger charge is 2.37. The maximum atomic E-state index is 16.0. The lowest BCUT2D eigenvalue weighted by molar-refractivity contribution is -0.137. The number of fused-ring (bicyclic) bond motifs is 6. The van der Waals surface area contributed by atoms with Crippen LogP contribution in [0.1, 0.15) is 5.56 Å². The minimum absolute atomic E-state index is 0.00332. The normalized spacial score (nSPS) is 11.8. The molecule has 0 radical (unpaired) electrons. The van der Waals surface area contributed by atoms with Crippen LogP contribution in [0.15, 0.2) is 243 Å². The molecule has 0 aliphatic heterocycles. The molecular weight excluding hydrogens is 896 g/mol. The van der Waals surface area contributed by atoms with E-state index >= 15 is 13.2 Å². The molecule has 0 unspecified atom stereocenters. The zero-order valence-electron chi connectivity index (χ0n) is 38.5. The molecule has 0 N–H and O–H groups in total. The molecule has 13 aromatic rings. The van der Waals surface area contributed by atoms with E-state index in [9.17, 15) is 0 Å². The highest BCUT2D eigenvalue weighted by Crippen LogP contribution is 2.47. The van der Waals surface area contributed by atoms with E-state index in [0.29, 0.717) is 45.2 Å². The molecule has 0 saturated carbocycles. The molecule has 0 amide bonds. The topological polar surface area (TPSA) is 48.5 Å². The minimum atomic E-state index is -4.73. The van der Waals surface area contributed by atoms with Crippen LogP contribution in [0.4, 0.5) is 13.2 Å². The standard InChI is InChI=1S/C64H40F3N5/c65-64(66,67)55-29-17-28-51(60(55)72-57-31-16-14-27-50(57)53-39-46(33-37-59(53)72)42-20-7-2-8-21-42)48-35-34-47(71-56-30-15-13-26-49(56)52-38-45(32-36-58(52)71)41-18-5-1-6-19-41)40-54(48)63-69-61(43-22-9-3-10-23-43)68-62(70-63)44-24-11-4-12-25-44/h1-40H. The second kappa shape index (κ2) is 17.2. The molecule has 5 nitrogen and oxygen atoms in total. The van der Waals surface area contributed by atoms with Crippen molar-refractivity contribution in [2.24, 2.45) is 0 Å². The number of hydrogen-bond acceptors (Lipinski definition) is 3. The van der Waals surface area contributed by atoms with E-state index in [2.05, 4.69) is 53.1 Å². The average molecular weight is 936 g/mol. The summed E-state index contributed by atoms with van der Waals surface area (Å²) in [5.74, 6) is 1.17. The van der Waals surface area contributed by atoms with Crippen molar-refractivity contribution < 1.29 is 13.2 Å². The third kappa shape index (κ3) is 7.31. The first-order valence-electron chi connectivity index (χ1n) is 23.8. The summed E-state index contributed by atoms with van der Waals surface area (Å²) < 4.78 is 51.9. The maximum absolute atomic E-state index is 16.0. The summed E-state index contributed by atoms with van der Waals surface area (Å²) in [6.45, 7) is 0. The van der Waals surface area contributed by atoms with Gasteiger partial charge in [0.15, 0.2) is 17.5 Å². The van der Waals surface area contributed by atoms with Crippen LogP contribution in [0.3, 0.4) is 0 Å². The number of hydrogen-bond donors (Lipinski definition) is 0. The summed E-state index contributed by atoms with van der Waals surface area (Å²) in [5, 5.41) is 3.81. The Morgan fingerprint density at radius 3 is 1.26 bits per heavy atom. The predicted molar refractivity (Wildman–Crippen MR) is 286 cm³/mol. The Bertz CT molecular complexity index is 4130. The number of halogens is 3. The second-order valence-electron chi connectivity index (χ2n) is 17.9.